The highest BCUT2D eigenvalue weighted by atomic mass is 79.9. The van der Waals surface area contributed by atoms with Gasteiger partial charge in [0.15, 0.2) is 0 Å². The molecule has 0 N–H and O–H groups in total. The van der Waals surface area contributed by atoms with Crippen molar-refractivity contribution in [3.05, 3.63) is 55.9 Å². The number of hydrogen-bond donors (Lipinski definition) is 0. The highest BCUT2D eigenvalue weighted by Gasteiger charge is 2.06. The number of hydrogen-bond acceptors (Lipinski definition) is 1. The molecule has 17 heavy (non-hydrogen) atoms. The molecule has 0 radical (unpaired) electrons. The van der Waals surface area contributed by atoms with Gasteiger partial charge < -0.3 is 4.57 Å². The second-order valence-corrected chi connectivity index (χ2v) is 5.23. The first-order chi connectivity index (χ1) is 7.99. The Kier molecular flexibility index (Phi) is 3.40. The summed E-state index contributed by atoms with van der Waals surface area (Å²) in [7, 11) is 1.65. The molecule has 0 saturated carbocycles. The number of pyridine rings is 1. The number of halogens is 2. The van der Waals surface area contributed by atoms with E-state index in [9.17, 15) is 4.79 Å². The van der Waals surface area contributed by atoms with Crippen LogP contribution in [0.5, 0.6) is 0 Å². The normalized spacial score (nSPS) is 10.6. The van der Waals surface area contributed by atoms with E-state index < -0.39 is 0 Å². The average Bonchev–Trinajstić information content (AvgIpc) is 2.28. The molecule has 1 aromatic carbocycles. The van der Waals surface area contributed by atoms with Gasteiger partial charge in [-0.05, 0) is 41.8 Å². The molecule has 88 valence electrons. The zero-order valence-electron chi connectivity index (χ0n) is 9.50. The van der Waals surface area contributed by atoms with E-state index in [2.05, 4.69) is 15.9 Å². The topological polar surface area (TPSA) is 22.0 Å². The summed E-state index contributed by atoms with van der Waals surface area (Å²) >= 11 is 9.44. The molecular formula is C13H11BrClNO. The van der Waals surface area contributed by atoms with Gasteiger partial charge in [-0.3, -0.25) is 4.79 Å². The van der Waals surface area contributed by atoms with Crippen LogP contribution in [0, 0.1) is 6.92 Å². The maximum atomic E-state index is 11.7. The standard InChI is InChI=1S/C13H11BrClNO/c1-8-3-4-10(14)7-11(8)9-5-12(15)16(2)13(17)6-9/h3-7H,1-2H3. The van der Waals surface area contributed by atoms with Crippen LogP contribution in [0.2, 0.25) is 5.15 Å². The number of aromatic nitrogens is 1. The third kappa shape index (κ3) is 2.45. The molecule has 4 heteroatoms. The molecule has 1 aromatic heterocycles. The fourth-order valence-electron chi connectivity index (χ4n) is 1.66. The minimum Gasteiger partial charge on any atom is -0.302 e. The molecule has 1 heterocycles. The van der Waals surface area contributed by atoms with E-state index in [0.717, 1.165) is 21.2 Å². The van der Waals surface area contributed by atoms with E-state index in [0.29, 0.717) is 5.15 Å². The van der Waals surface area contributed by atoms with Crippen molar-refractivity contribution in [3.63, 3.8) is 0 Å². The van der Waals surface area contributed by atoms with Crippen LogP contribution >= 0.6 is 27.5 Å². The van der Waals surface area contributed by atoms with Crippen LogP contribution in [0.1, 0.15) is 5.56 Å². The second-order valence-electron chi connectivity index (χ2n) is 3.92. The minimum atomic E-state index is -0.105. The van der Waals surface area contributed by atoms with Gasteiger partial charge in [-0.15, -0.1) is 0 Å². The van der Waals surface area contributed by atoms with Crippen molar-refractivity contribution in [1.82, 2.24) is 4.57 Å². The number of rotatable bonds is 1. The monoisotopic (exact) mass is 311 g/mol. The van der Waals surface area contributed by atoms with Crippen molar-refractivity contribution < 1.29 is 0 Å². The Bertz CT molecular complexity index is 634. The molecule has 0 spiro atoms. The molecule has 2 nitrogen and oxygen atoms in total. The van der Waals surface area contributed by atoms with Crippen LogP contribution in [0.3, 0.4) is 0 Å². The van der Waals surface area contributed by atoms with Gasteiger partial charge in [-0.2, -0.15) is 0 Å². The maximum Gasteiger partial charge on any atom is 0.252 e. The maximum absolute atomic E-state index is 11.7. The largest absolute Gasteiger partial charge is 0.302 e. The molecule has 0 aliphatic rings. The Morgan fingerprint density at radius 1 is 1.24 bits per heavy atom. The lowest BCUT2D eigenvalue weighted by Crippen LogP contribution is -2.16. The molecule has 0 aliphatic carbocycles. The average molecular weight is 313 g/mol. The van der Waals surface area contributed by atoms with Crippen LogP contribution in [-0.2, 0) is 7.05 Å². The summed E-state index contributed by atoms with van der Waals surface area (Å²) in [5.41, 5.74) is 2.86. The summed E-state index contributed by atoms with van der Waals surface area (Å²) < 4.78 is 2.40. The number of benzene rings is 1. The summed E-state index contributed by atoms with van der Waals surface area (Å²) in [6.45, 7) is 2.01. The second kappa shape index (κ2) is 4.67. The molecule has 2 rings (SSSR count). The van der Waals surface area contributed by atoms with Gasteiger partial charge in [0, 0.05) is 17.6 Å². The first kappa shape index (κ1) is 12.4. The molecule has 0 atom stereocenters. The lowest BCUT2D eigenvalue weighted by atomic mass is 10.0. The SMILES string of the molecule is Cc1ccc(Br)cc1-c1cc(Cl)n(C)c(=O)c1. The van der Waals surface area contributed by atoms with Crippen LogP contribution in [0.4, 0.5) is 0 Å². The lowest BCUT2D eigenvalue weighted by molar-refractivity contribution is 0.862. The molecule has 0 fully saturated rings. The zero-order valence-corrected chi connectivity index (χ0v) is 11.8. The summed E-state index contributed by atoms with van der Waals surface area (Å²) in [5.74, 6) is 0. The molecule has 0 bridgehead atoms. The Morgan fingerprint density at radius 2 is 1.94 bits per heavy atom. The van der Waals surface area contributed by atoms with Gasteiger partial charge in [0.05, 0.1) is 0 Å². The first-order valence-corrected chi connectivity index (χ1v) is 6.29. The van der Waals surface area contributed by atoms with Crippen molar-refractivity contribution in [2.24, 2.45) is 7.05 Å². The van der Waals surface area contributed by atoms with Gasteiger partial charge in [0.25, 0.3) is 5.56 Å². The minimum absolute atomic E-state index is 0.105. The molecule has 0 amide bonds. The van der Waals surface area contributed by atoms with Crippen molar-refractivity contribution >= 4 is 27.5 Å². The fraction of sp³-hybridized carbons (Fsp3) is 0.154. The third-order valence-electron chi connectivity index (χ3n) is 2.72. The van der Waals surface area contributed by atoms with Gasteiger partial charge in [-0.1, -0.05) is 33.6 Å². The Labute approximate surface area is 113 Å². The van der Waals surface area contributed by atoms with E-state index in [1.54, 1.807) is 19.2 Å². The molecule has 0 saturated heterocycles. The fourth-order valence-corrected chi connectivity index (χ4v) is 2.22. The van der Waals surface area contributed by atoms with Crippen molar-refractivity contribution in [3.8, 4) is 11.1 Å². The van der Waals surface area contributed by atoms with Gasteiger partial charge in [0.2, 0.25) is 0 Å². The lowest BCUT2D eigenvalue weighted by Gasteiger charge is -2.09. The predicted molar refractivity (Wildman–Crippen MR) is 74.6 cm³/mol. The molecule has 2 aromatic rings. The molecular weight excluding hydrogens is 302 g/mol. The van der Waals surface area contributed by atoms with Crippen molar-refractivity contribution in [2.45, 2.75) is 6.92 Å². The van der Waals surface area contributed by atoms with Crippen LogP contribution in [-0.4, -0.2) is 4.57 Å². The van der Waals surface area contributed by atoms with Crippen molar-refractivity contribution in [1.29, 1.82) is 0 Å². The Morgan fingerprint density at radius 3 is 2.59 bits per heavy atom. The van der Waals surface area contributed by atoms with E-state index in [1.165, 1.54) is 4.57 Å². The highest BCUT2D eigenvalue weighted by molar-refractivity contribution is 9.10. The quantitative estimate of drug-likeness (QED) is 0.735. The van der Waals surface area contributed by atoms with Crippen LogP contribution in [0.25, 0.3) is 11.1 Å². The zero-order chi connectivity index (χ0) is 12.6. The van der Waals surface area contributed by atoms with E-state index in [1.807, 2.05) is 25.1 Å². The third-order valence-corrected chi connectivity index (χ3v) is 3.57. The summed E-state index contributed by atoms with van der Waals surface area (Å²) in [5, 5.41) is 0.437. The summed E-state index contributed by atoms with van der Waals surface area (Å²) in [6.07, 6.45) is 0. The summed E-state index contributed by atoms with van der Waals surface area (Å²) in [6, 6.07) is 9.37. The van der Waals surface area contributed by atoms with E-state index in [-0.39, 0.29) is 5.56 Å². The number of aryl methyl sites for hydroxylation is 1. The summed E-state index contributed by atoms with van der Waals surface area (Å²) in [4.78, 5) is 11.7. The van der Waals surface area contributed by atoms with E-state index in [4.69, 9.17) is 11.6 Å². The predicted octanol–water partition coefficient (Wildman–Crippen LogP) is 3.78. The van der Waals surface area contributed by atoms with Gasteiger partial charge in [-0.25, -0.2) is 0 Å². The highest BCUT2D eigenvalue weighted by Crippen LogP contribution is 2.27. The number of nitrogens with zero attached hydrogens (tertiary/aromatic N) is 1. The first-order valence-electron chi connectivity index (χ1n) is 5.12. The van der Waals surface area contributed by atoms with Crippen LogP contribution in [0.15, 0.2) is 39.6 Å². The Hall–Kier alpha value is -1.06. The van der Waals surface area contributed by atoms with Gasteiger partial charge in [0.1, 0.15) is 5.15 Å². The van der Waals surface area contributed by atoms with Crippen LogP contribution < -0.4 is 5.56 Å². The van der Waals surface area contributed by atoms with Gasteiger partial charge >= 0.3 is 0 Å². The van der Waals surface area contributed by atoms with E-state index >= 15 is 0 Å². The van der Waals surface area contributed by atoms with Crippen molar-refractivity contribution in [2.75, 3.05) is 0 Å². The Balaban J connectivity index is 2.69. The smallest absolute Gasteiger partial charge is 0.252 e. The molecule has 0 unspecified atom stereocenters. The molecule has 0 aliphatic heterocycles.